The zero-order valence-corrected chi connectivity index (χ0v) is 13.1. The fourth-order valence-electron chi connectivity index (χ4n) is 2.31. The smallest absolute Gasteiger partial charge is 0.311 e. The number of anilines is 1. The van der Waals surface area contributed by atoms with Crippen molar-refractivity contribution in [3.8, 4) is 0 Å². The Balaban J connectivity index is 1.79. The Bertz CT molecular complexity index is 430. The zero-order chi connectivity index (χ0) is 14.4. The molecule has 1 aromatic heterocycles. The zero-order valence-electron chi connectivity index (χ0n) is 12.3. The summed E-state index contributed by atoms with van der Waals surface area (Å²) in [5, 5.41) is 2.92. The number of thiazole rings is 1. The molecule has 1 aliphatic heterocycles. The SMILES string of the molecule is CCOC(=O)Cc1csc(N(C)CCN2CCCC2)n1. The fourth-order valence-corrected chi connectivity index (χ4v) is 3.12. The quantitative estimate of drug-likeness (QED) is 0.718. The summed E-state index contributed by atoms with van der Waals surface area (Å²) in [5.74, 6) is -0.205. The van der Waals surface area contributed by atoms with E-state index in [4.69, 9.17) is 4.74 Å². The van der Waals surface area contributed by atoms with E-state index in [0.717, 1.165) is 23.9 Å². The Kier molecular flexibility index (Phi) is 5.79. The third-order valence-corrected chi connectivity index (χ3v) is 4.45. The molecule has 0 atom stereocenters. The van der Waals surface area contributed by atoms with Crippen LogP contribution in [-0.2, 0) is 16.0 Å². The van der Waals surface area contributed by atoms with Crippen LogP contribution in [0.4, 0.5) is 5.13 Å². The van der Waals surface area contributed by atoms with Gasteiger partial charge in [-0.15, -0.1) is 11.3 Å². The van der Waals surface area contributed by atoms with Crippen molar-refractivity contribution in [2.24, 2.45) is 0 Å². The number of hydrogen-bond acceptors (Lipinski definition) is 6. The van der Waals surface area contributed by atoms with Gasteiger partial charge in [-0.3, -0.25) is 4.79 Å². The minimum atomic E-state index is -0.205. The number of nitrogens with zero attached hydrogens (tertiary/aromatic N) is 3. The van der Waals surface area contributed by atoms with Crippen molar-refractivity contribution in [1.82, 2.24) is 9.88 Å². The second-order valence-corrected chi connectivity index (χ2v) is 5.91. The maximum absolute atomic E-state index is 11.4. The molecule has 0 unspecified atom stereocenters. The van der Waals surface area contributed by atoms with Crippen LogP contribution in [0, 0.1) is 0 Å². The Morgan fingerprint density at radius 3 is 2.95 bits per heavy atom. The molecule has 0 aliphatic carbocycles. The van der Waals surface area contributed by atoms with Crippen molar-refractivity contribution in [2.75, 3.05) is 44.7 Å². The summed E-state index contributed by atoms with van der Waals surface area (Å²) in [6.07, 6.45) is 2.92. The first-order valence-electron chi connectivity index (χ1n) is 7.22. The Labute approximate surface area is 124 Å². The van der Waals surface area contributed by atoms with Gasteiger partial charge >= 0.3 is 5.97 Å². The molecular weight excluding hydrogens is 274 g/mol. The molecule has 1 aliphatic rings. The predicted octanol–water partition coefficient (Wildman–Crippen LogP) is 1.78. The average Bonchev–Trinajstić information content (AvgIpc) is 3.07. The highest BCUT2D eigenvalue weighted by atomic mass is 32.1. The van der Waals surface area contributed by atoms with E-state index < -0.39 is 0 Å². The average molecular weight is 297 g/mol. The van der Waals surface area contributed by atoms with E-state index in [1.54, 1.807) is 11.3 Å². The van der Waals surface area contributed by atoms with E-state index in [9.17, 15) is 4.79 Å². The van der Waals surface area contributed by atoms with Crippen LogP contribution in [0.3, 0.4) is 0 Å². The van der Waals surface area contributed by atoms with Gasteiger partial charge in [0.25, 0.3) is 0 Å². The molecule has 1 aromatic rings. The summed E-state index contributed by atoms with van der Waals surface area (Å²) >= 11 is 1.59. The summed E-state index contributed by atoms with van der Waals surface area (Å²) in [7, 11) is 2.06. The molecule has 0 N–H and O–H groups in total. The maximum atomic E-state index is 11.4. The van der Waals surface area contributed by atoms with Gasteiger partial charge in [0.15, 0.2) is 5.13 Å². The molecule has 20 heavy (non-hydrogen) atoms. The first-order chi connectivity index (χ1) is 9.69. The second kappa shape index (κ2) is 7.59. The lowest BCUT2D eigenvalue weighted by atomic mass is 10.3. The van der Waals surface area contributed by atoms with Crippen molar-refractivity contribution in [1.29, 1.82) is 0 Å². The number of carbonyl (C=O) groups is 1. The van der Waals surface area contributed by atoms with E-state index in [0.29, 0.717) is 6.61 Å². The van der Waals surface area contributed by atoms with Crippen LogP contribution in [0.2, 0.25) is 0 Å². The number of aromatic nitrogens is 1. The van der Waals surface area contributed by atoms with Gasteiger partial charge in [0, 0.05) is 25.5 Å². The van der Waals surface area contributed by atoms with Gasteiger partial charge in [-0.2, -0.15) is 0 Å². The molecule has 5 nitrogen and oxygen atoms in total. The highest BCUT2D eigenvalue weighted by molar-refractivity contribution is 7.13. The van der Waals surface area contributed by atoms with Gasteiger partial charge in [-0.1, -0.05) is 0 Å². The molecule has 0 bridgehead atoms. The number of likely N-dealkylation sites (tertiary alicyclic amines) is 1. The molecule has 2 rings (SSSR count). The van der Waals surface area contributed by atoms with Gasteiger partial charge < -0.3 is 14.5 Å². The number of ether oxygens (including phenoxy) is 1. The monoisotopic (exact) mass is 297 g/mol. The van der Waals surface area contributed by atoms with Gasteiger partial charge in [-0.05, 0) is 32.9 Å². The van der Waals surface area contributed by atoms with E-state index in [1.807, 2.05) is 12.3 Å². The van der Waals surface area contributed by atoms with Crippen molar-refractivity contribution >= 4 is 22.4 Å². The molecule has 0 spiro atoms. The third kappa shape index (κ3) is 4.45. The summed E-state index contributed by atoms with van der Waals surface area (Å²) in [6.45, 7) is 6.75. The Morgan fingerprint density at radius 2 is 2.25 bits per heavy atom. The van der Waals surface area contributed by atoms with E-state index in [1.165, 1.54) is 25.9 Å². The number of rotatable bonds is 7. The lowest BCUT2D eigenvalue weighted by Crippen LogP contribution is -2.31. The minimum absolute atomic E-state index is 0.205. The topological polar surface area (TPSA) is 45.7 Å². The molecule has 112 valence electrons. The fraction of sp³-hybridized carbons (Fsp3) is 0.714. The second-order valence-electron chi connectivity index (χ2n) is 5.07. The molecule has 0 aromatic carbocycles. The highest BCUT2D eigenvalue weighted by Crippen LogP contribution is 2.20. The highest BCUT2D eigenvalue weighted by Gasteiger charge is 2.14. The molecule has 0 saturated carbocycles. The largest absolute Gasteiger partial charge is 0.466 e. The van der Waals surface area contributed by atoms with Gasteiger partial charge in [-0.25, -0.2) is 4.98 Å². The van der Waals surface area contributed by atoms with E-state index in [2.05, 4.69) is 21.8 Å². The molecule has 6 heteroatoms. The summed E-state index contributed by atoms with van der Waals surface area (Å²) in [5.41, 5.74) is 0.802. The van der Waals surface area contributed by atoms with Crippen LogP contribution in [0.1, 0.15) is 25.5 Å². The maximum Gasteiger partial charge on any atom is 0.311 e. The van der Waals surface area contributed by atoms with Gasteiger partial charge in [0.1, 0.15) is 0 Å². The molecule has 0 amide bonds. The van der Waals surface area contributed by atoms with Crippen molar-refractivity contribution in [2.45, 2.75) is 26.2 Å². The molecule has 1 saturated heterocycles. The van der Waals surface area contributed by atoms with Crippen LogP contribution in [0.15, 0.2) is 5.38 Å². The van der Waals surface area contributed by atoms with E-state index in [-0.39, 0.29) is 12.4 Å². The summed E-state index contributed by atoms with van der Waals surface area (Å²) in [4.78, 5) is 20.6. The Morgan fingerprint density at radius 1 is 1.50 bits per heavy atom. The number of esters is 1. The lowest BCUT2D eigenvalue weighted by Gasteiger charge is -2.20. The van der Waals surface area contributed by atoms with Gasteiger partial charge in [0.05, 0.1) is 18.7 Å². The summed E-state index contributed by atoms with van der Waals surface area (Å²) < 4.78 is 4.94. The van der Waals surface area contributed by atoms with Crippen molar-refractivity contribution in [3.05, 3.63) is 11.1 Å². The van der Waals surface area contributed by atoms with Crippen LogP contribution in [-0.4, -0.2) is 55.7 Å². The van der Waals surface area contributed by atoms with Crippen LogP contribution >= 0.6 is 11.3 Å². The number of likely N-dealkylation sites (N-methyl/N-ethyl adjacent to an activating group) is 1. The lowest BCUT2D eigenvalue weighted by molar-refractivity contribution is -0.142. The first kappa shape index (κ1) is 15.3. The first-order valence-corrected chi connectivity index (χ1v) is 8.10. The Hall–Kier alpha value is -1.14. The van der Waals surface area contributed by atoms with Crippen molar-refractivity contribution in [3.63, 3.8) is 0 Å². The minimum Gasteiger partial charge on any atom is -0.466 e. The standard InChI is InChI=1S/C14H23N3O2S/c1-3-19-13(18)10-12-11-20-14(15-12)16(2)8-9-17-6-4-5-7-17/h11H,3-10H2,1-2H3. The van der Waals surface area contributed by atoms with Crippen LogP contribution < -0.4 is 4.90 Å². The van der Waals surface area contributed by atoms with Crippen LogP contribution in [0.5, 0.6) is 0 Å². The predicted molar refractivity (Wildman–Crippen MR) is 81.4 cm³/mol. The van der Waals surface area contributed by atoms with Crippen molar-refractivity contribution < 1.29 is 9.53 Å². The number of carbonyl (C=O) groups excluding carboxylic acids is 1. The number of hydrogen-bond donors (Lipinski definition) is 0. The van der Waals surface area contributed by atoms with Crippen LogP contribution in [0.25, 0.3) is 0 Å². The van der Waals surface area contributed by atoms with Gasteiger partial charge in [0.2, 0.25) is 0 Å². The molecule has 0 radical (unpaired) electrons. The third-order valence-electron chi connectivity index (χ3n) is 3.45. The molecule has 1 fully saturated rings. The molecule has 2 heterocycles. The van der Waals surface area contributed by atoms with E-state index >= 15 is 0 Å². The normalized spacial score (nSPS) is 15.5. The molecular formula is C14H23N3O2S. The summed E-state index contributed by atoms with van der Waals surface area (Å²) in [6, 6.07) is 0.